The zero-order chi connectivity index (χ0) is 12.5. The Labute approximate surface area is 108 Å². The van der Waals surface area contributed by atoms with Crippen molar-refractivity contribution in [2.24, 2.45) is 0 Å². The summed E-state index contributed by atoms with van der Waals surface area (Å²) in [6.07, 6.45) is 1.49. The summed E-state index contributed by atoms with van der Waals surface area (Å²) in [7, 11) is 0. The molecule has 4 heteroatoms. The lowest BCUT2D eigenvalue weighted by molar-refractivity contribution is -0.120. The lowest BCUT2D eigenvalue weighted by Gasteiger charge is -2.06. The molecule has 1 rings (SSSR count). The third-order valence-corrected chi connectivity index (χ3v) is 2.54. The second-order valence-corrected chi connectivity index (χ2v) is 4.34. The van der Waals surface area contributed by atoms with Gasteiger partial charge >= 0.3 is 0 Å². The highest BCUT2D eigenvalue weighted by Crippen LogP contribution is 2.10. The summed E-state index contributed by atoms with van der Waals surface area (Å²) in [4.78, 5) is 11.6. The summed E-state index contributed by atoms with van der Waals surface area (Å²) < 4.78 is 0. The maximum atomic E-state index is 11.6. The van der Waals surface area contributed by atoms with Gasteiger partial charge in [-0.25, -0.2) is 0 Å². The maximum absolute atomic E-state index is 11.6. The summed E-state index contributed by atoms with van der Waals surface area (Å²) >= 11 is 5.85. The molecule has 0 spiro atoms. The molecule has 1 aromatic rings. The summed E-state index contributed by atoms with van der Waals surface area (Å²) in [5, 5.41) is 6.76. The van der Waals surface area contributed by atoms with E-state index in [9.17, 15) is 4.79 Å². The zero-order valence-electron chi connectivity index (χ0n) is 10.1. The van der Waals surface area contributed by atoms with Crippen molar-refractivity contribution in [2.45, 2.75) is 19.8 Å². The van der Waals surface area contributed by atoms with Crippen LogP contribution in [0.4, 0.5) is 0 Å². The molecule has 17 heavy (non-hydrogen) atoms. The average Bonchev–Trinajstić information content (AvgIpc) is 2.29. The Bertz CT molecular complexity index is 355. The standard InChI is InChI=1S/C13H19ClN2O/c1-2-6-15-7-8-16-13(17)10-11-4-3-5-12(14)9-11/h3-5,9,15H,2,6-8,10H2,1H3,(H,16,17). The van der Waals surface area contributed by atoms with Gasteiger partial charge in [0.2, 0.25) is 5.91 Å². The van der Waals surface area contributed by atoms with Crippen LogP contribution in [0.3, 0.4) is 0 Å². The first-order valence-electron chi connectivity index (χ1n) is 5.94. The van der Waals surface area contributed by atoms with Gasteiger partial charge in [0.25, 0.3) is 0 Å². The number of benzene rings is 1. The molecule has 0 aliphatic carbocycles. The predicted octanol–water partition coefficient (Wildman–Crippen LogP) is 2.00. The van der Waals surface area contributed by atoms with Crippen LogP contribution in [0, 0.1) is 0 Å². The minimum atomic E-state index is 0.0329. The topological polar surface area (TPSA) is 41.1 Å². The Balaban J connectivity index is 2.21. The number of halogens is 1. The van der Waals surface area contributed by atoms with E-state index in [1.54, 1.807) is 6.07 Å². The van der Waals surface area contributed by atoms with E-state index in [4.69, 9.17) is 11.6 Å². The second-order valence-electron chi connectivity index (χ2n) is 3.91. The molecule has 1 aromatic carbocycles. The van der Waals surface area contributed by atoms with Crippen molar-refractivity contribution in [2.75, 3.05) is 19.6 Å². The average molecular weight is 255 g/mol. The molecule has 2 N–H and O–H groups in total. The summed E-state index contributed by atoms with van der Waals surface area (Å²) in [5.74, 6) is 0.0329. The summed E-state index contributed by atoms with van der Waals surface area (Å²) in [6.45, 7) is 4.59. The summed E-state index contributed by atoms with van der Waals surface area (Å²) in [5.41, 5.74) is 0.941. The van der Waals surface area contributed by atoms with Gasteiger partial charge in [0.1, 0.15) is 0 Å². The van der Waals surface area contributed by atoms with Crippen LogP contribution in [0.2, 0.25) is 5.02 Å². The molecule has 0 aliphatic heterocycles. The molecule has 0 bridgehead atoms. The van der Waals surface area contributed by atoms with Crippen LogP contribution >= 0.6 is 11.6 Å². The first-order valence-corrected chi connectivity index (χ1v) is 6.32. The Kier molecular flexibility index (Phi) is 6.67. The van der Waals surface area contributed by atoms with Crippen LogP contribution in [0.5, 0.6) is 0 Å². The molecule has 94 valence electrons. The van der Waals surface area contributed by atoms with Crippen molar-refractivity contribution in [1.82, 2.24) is 10.6 Å². The smallest absolute Gasteiger partial charge is 0.224 e. The van der Waals surface area contributed by atoms with Gasteiger partial charge in [0.05, 0.1) is 6.42 Å². The van der Waals surface area contributed by atoms with Gasteiger partial charge < -0.3 is 10.6 Å². The molecular formula is C13H19ClN2O. The molecule has 0 atom stereocenters. The first kappa shape index (κ1) is 14.0. The molecule has 0 heterocycles. The van der Waals surface area contributed by atoms with Crippen molar-refractivity contribution in [1.29, 1.82) is 0 Å². The number of rotatable bonds is 7. The maximum Gasteiger partial charge on any atom is 0.224 e. The predicted molar refractivity (Wildman–Crippen MR) is 71.3 cm³/mol. The molecule has 3 nitrogen and oxygen atoms in total. The number of nitrogens with one attached hydrogen (secondary N) is 2. The quantitative estimate of drug-likeness (QED) is 0.731. The lowest BCUT2D eigenvalue weighted by Crippen LogP contribution is -2.32. The van der Waals surface area contributed by atoms with E-state index in [0.717, 1.165) is 25.1 Å². The number of hydrogen-bond donors (Lipinski definition) is 2. The highest BCUT2D eigenvalue weighted by molar-refractivity contribution is 6.30. The highest BCUT2D eigenvalue weighted by atomic mass is 35.5. The fourth-order valence-corrected chi connectivity index (χ4v) is 1.70. The Morgan fingerprint density at radius 2 is 2.12 bits per heavy atom. The molecule has 1 amide bonds. The van der Waals surface area contributed by atoms with E-state index >= 15 is 0 Å². The SMILES string of the molecule is CCCNCCNC(=O)Cc1cccc(Cl)c1. The monoisotopic (exact) mass is 254 g/mol. The van der Waals surface area contributed by atoms with E-state index in [2.05, 4.69) is 17.6 Å². The third kappa shape index (κ3) is 6.29. The summed E-state index contributed by atoms with van der Waals surface area (Å²) in [6, 6.07) is 7.38. The molecule has 0 saturated carbocycles. The highest BCUT2D eigenvalue weighted by Gasteiger charge is 2.02. The fraction of sp³-hybridized carbons (Fsp3) is 0.462. The van der Waals surface area contributed by atoms with Gasteiger partial charge in [0, 0.05) is 18.1 Å². The molecule has 0 unspecified atom stereocenters. The minimum absolute atomic E-state index is 0.0329. The van der Waals surface area contributed by atoms with Crippen LogP contribution in [-0.4, -0.2) is 25.5 Å². The van der Waals surface area contributed by atoms with Crippen LogP contribution in [0.25, 0.3) is 0 Å². The van der Waals surface area contributed by atoms with E-state index < -0.39 is 0 Å². The number of hydrogen-bond acceptors (Lipinski definition) is 2. The van der Waals surface area contributed by atoms with E-state index in [1.807, 2.05) is 18.2 Å². The molecule has 0 aromatic heterocycles. The molecule has 0 saturated heterocycles. The second kappa shape index (κ2) is 8.09. The molecule has 0 aliphatic rings. The van der Waals surface area contributed by atoms with Crippen LogP contribution in [0.15, 0.2) is 24.3 Å². The van der Waals surface area contributed by atoms with Gasteiger partial charge in [0.15, 0.2) is 0 Å². The van der Waals surface area contributed by atoms with Crippen LogP contribution in [-0.2, 0) is 11.2 Å². The molecule has 0 radical (unpaired) electrons. The van der Waals surface area contributed by atoms with Crippen molar-refractivity contribution in [3.05, 3.63) is 34.9 Å². The van der Waals surface area contributed by atoms with E-state index in [1.165, 1.54) is 0 Å². The molecular weight excluding hydrogens is 236 g/mol. The van der Waals surface area contributed by atoms with Crippen LogP contribution < -0.4 is 10.6 Å². The number of amides is 1. The van der Waals surface area contributed by atoms with Crippen LogP contribution in [0.1, 0.15) is 18.9 Å². The van der Waals surface area contributed by atoms with E-state index in [0.29, 0.717) is 18.0 Å². The number of carbonyl (C=O) groups excluding carboxylic acids is 1. The third-order valence-electron chi connectivity index (χ3n) is 2.30. The zero-order valence-corrected chi connectivity index (χ0v) is 10.9. The number of carbonyl (C=O) groups is 1. The van der Waals surface area contributed by atoms with E-state index in [-0.39, 0.29) is 5.91 Å². The van der Waals surface area contributed by atoms with Crippen molar-refractivity contribution in [3.8, 4) is 0 Å². The van der Waals surface area contributed by atoms with Gasteiger partial charge in [-0.15, -0.1) is 0 Å². The largest absolute Gasteiger partial charge is 0.355 e. The Morgan fingerprint density at radius 1 is 1.29 bits per heavy atom. The van der Waals surface area contributed by atoms with Gasteiger partial charge in [-0.1, -0.05) is 30.7 Å². The lowest BCUT2D eigenvalue weighted by atomic mass is 10.1. The normalized spacial score (nSPS) is 10.2. The van der Waals surface area contributed by atoms with Gasteiger partial charge in [-0.3, -0.25) is 4.79 Å². The van der Waals surface area contributed by atoms with Crippen molar-refractivity contribution >= 4 is 17.5 Å². The fourth-order valence-electron chi connectivity index (χ4n) is 1.49. The van der Waals surface area contributed by atoms with Crippen molar-refractivity contribution in [3.63, 3.8) is 0 Å². The Morgan fingerprint density at radius 3 is 2.82 bits per heavy atom. The Hall–Kier alpha value is -1.06. The van der Waals surface area contributed by atoms with Gasteiger partial charge in [-0.2, -0.15) is 0 Å². The molecule has 0 fully saturated rings. The van der Waals surface area contributed by atoms with Crippen molar-refractivity contribution < 1.29 is 4.79 Å². The first-order chi connectivity index (χ1) is 8.22. The minimum Gasteiger partial charge on any atom is -0.355 e. The van der Waals surface area contributed by atoms with Gasteiger partial charge in [-0.05, 0) is 30.7 Å².